The molecule has 0 bridgehead atoms. The quantitative estimate of drug-likeness (QED) is 0.692. The average Bonchev–Trinajstić information content (AvgIpc) is 2.34. The maximum atomic E-state index is 11.3. The lowest BCUT2D eigenvalue weighted by Gasteiger charge is -2.34. The van der Waals surface area contributed by atoms with E-state index in [-0.39, 0.29) is 12.6 Å². The third-order valence-corrected chi connectivity index (χ3v) is 3.00. The van der Waals surface area contributed by atoms with Gasteiger partial charge in [0.05, 0.1) is 6.54 Å². The number of carbonyl (C=O) groups excluding carboxylic acids is 1. The summed E-state index contributed by atoms with van der Waals surface area (Å²) in [7, 11) is 0. The number of likely N-dealkylation sites (N-methyl/N-ethyl adjacent to an activating group) is 1. The molecule has 0 aliphatic carbocycles. The fourth-order valence-corrected chi connectivity index (χ4v) is 2.11. The Labute approximate surface area is 97.8 Å². The molecule has 2 N–H and O–H groups in total. The highest BCUT2D eigenvalue weighted by molar-refractivity contribution is 5.74. The van der Waals surface area contributed by atoms with Crippen LogP contribution in [-0.4, -0.2) is 43.2 Å². The van der Waals surface area contributed by atoms with E-state index >= 15 is 0 Å². The van der Waals surface area contributed by atoms with Crippen molar-refractivity contribution in [2.24, 2.45) is 0 Å². The number of hydrogen-bond donors (Lipinski definition) is 2. The van der Waals surface area contributed by atoms with Gasteiger partial charge in [-0.2, -0.15) is 0 Å². The monoisotopic (exact) mass is 223 g/mol. The molecule has 0 saturated carbocycles. The molecule has 4 nitrogen and oxygen atoms in total. The Bertz CT molecular complexity index is 259. The third kappa shape index (κ3) is 4.11. The van der Waals surface area contributed by atoms with Crippen LogP contribution in [0, 0.1) is 12.3 Å². The predicted molar refractivity (Wildman–Crippen MR) is 65.1 cm³/mol. The number of carbonyl (C=O) groups is 1. The van der Waals surface area contributed by atoms with Crippen LogP contribution in [0.5, 0.6) is 0 Å². The van der Waals surface area contributed by atoms with Gasteiger partial charge in [-0.1, -0.05) is 19.3 Å². The Hall–Kier alpha value is -1.21. The van der Waals surface area contributed by atoms with E-state index in [0.29, 0.717) is 12.6 Å². The molecule has 0 aromatic heterocycles. The number of hydrogen-bond acceptors (Lipinski definition) is 2. The summed E-state index contributed by atoms with van der Waals surface area (Å²) in [5.74, 6) is 2.37. The molecule has 0 aromatic carbocycles. The number of nitrogens with one attached hydrogen (secondary N) is 2. The summed E-state index contributed by atoms with van der Waals surface area (Å²) in [5, 5.41) is 5.46. The second-order valence-corrected chi connectivity index (χ2v) is 4.05. The Morgan fingerprint density at radius 2 is 2.31 bits per heavy atom. The Morgan fingerprint density at radius 1 is 1.50 bits per heavy atom. The van der Waals surface area contributed by atoms with Crippen LogP contribution in [0.1, 0.15) is 26.2 Å². The first kappa shape index (κ1) is 12.9. The molecular formula is C12H21N3O. The zero-order chi connectivity index (χ0) is 11.8. The molecule has 0 spiro atoms. The maximum Gasteiger partial charge on any atom is 0.315 e. The summed E-state index contributed by atoms with van der Waals surface area (Å²) in [5.41, 5.74) is 0. The first-order chi connectivity index (χ1) is 7.77. The van der Waals surface area contributed by atoms with Gasteiger partial charge in [-0.05, 0) is 25.9 Å². The van der Waals surface area contributed by atoms with Crippen molar-refractivity contribution in [2.75, 3.05) is 26.2 Å². The minimum Gasteiger partial charge on any atom is -0.337 e. The van der Waals surface area contributed by atoms with Crippen LogP contribution >= 0.6 is 0 Å². The summed E-state index contributed by atoms with van der Waals surface area (Å²) in [4.78, 5) is 13.7. The Morgan fingerprint density at radius 3 is 3.00 bits per heavy atom. The molecule has 1 rings (SSSR count). The van der Waals surface area contributed by atoms with Gasteiger partial charge in [0.2, 0.25) is 0 Å². The highest BCUT2D eigenvalue weighted by Crippen LogP contribution is 2.15. The van der Waals surface area contributed by atoms with Gasteiger partial charge in [-0.15, -0.1) is 6.42 Å². The van der Waals surface area contributed by atoms with Crippen LogP contribution in [0.25, 0.3) is 0 Å². The molecule has 1 aliphatic rings. The van der Waals surface area contributed by atoms with Crippen molar-refractivity contribution < 1.29 is 4.79 Å². The van der Waals surface area contributed by atoms with Gasteiger partial charge in [-0.3, -0.25) is 4.90 Å². The molecule has 0 aromatic rings. The standard InChI is InChI=1S/C12H21N3O/c1-3-8-13-12(16)14-10-11-7-5-6-9-15(11)4-2/h1,11H,4-10H2,2H3,(H2,13,14,16)/t11-/m1/s1. The first-order valence-corrected chi connectivity index (χ1v) is 5.97. The fraction of sp³-hybridized carbons (Fsp3) is 0.750. The van der Waals surface area contributed by atoms with Gasteiger partial charge < -0.3 is 10.6 Å². The average molecular weight is 223 g/mol. The van der Waals surface area contributed by atoms with E-state index in [9.17, 15) is 4.79 Å². The summed E-state index contributed by atoms with van der Waals surface area (Å²) >= 11 is 0. The van der Waals surface area contributed by atoms with E-state index in [1.807, 2.05) is 0 Å². The molecule has 2 amide bonds. The van der Waals surface area contributed by atoms with Crippen molar-refractivity contribution >= 4 is 6.03 Å². The van der Waals surface area contributed by atoms with E-state index in [1.165, 1.54) is 19.3 Å². The summed E-state index contributed by atoms with van der Waals surface area (Å²) in [6.07, 6.45) is 8.76. The van der Waals surface area contributed by atoms with Crippen molar-refractivity contribution in [1.29, 1.82) is 0 Å². The van der Waals surface area contributed by atoms with E-state index in [1.54, 1.807) is 0 Å². The Kier molecular flexibility index (Phi) is 5.73. The summed E-state index contributed by atoms with van der Waals surface area (Å²) < 4.78 is 0. The minimum absolute atomic E-state index is 0.167. The number of piperidine rings is 1. The van der Waals surface area contributed by atoms with Gasteiger partial charge in [0.1, 0.15) is 0 Å². The molecule has 1 saturated heterocycles. The zero-order valence-corrected chi connectivity index (χ0v) is 9.96. The largest absolute Gasteiger partial charge is 0.337 e. The lowest BCUT2D eigenvalue weighted by Crippen LogP contribution is -2.48. The van der Waals surface area contributed by atoms with Crippen molar-refractivity contribution in [3.8, 4) is 12.3 Å². The van der Waals surface area contributed by atoms with Crippen molar-refractivity contribution in [1.82, 2.24) is 15.5 Å². The third-order valence-electron chi connectivity index (χ3n) is 3.00. The second kappa shape index (κ2) is 7.13. The van der Waals surface area contributed by atoms with Crippen LogP contribution in [0.15, 0.2) is 0 Å². The SMILES string of the molecule is C#CCNC(=O)NC[C@H]1CCCCN1CC. The van der Waals surface area contributed by atoms with Crippen LogP contribution in [0.4, 0.5) is 4.79 Å². The van der Waals surface area contributed by atoms with Crippen molar-refractivity contribution in [3.63, 3.8) is 0 Å². The van der Waals surface area contributed by atoms with Crippen molar-refractivity contribution in [2.45, 2.75) is 32.2 Å². The van der Waals surface area contributed by atoms with E-state index in [2.05, 4.69) is 28.4 Å². The van der Waals surface area contributed by atoms with Crippen LogP contribution < -0.4 is 10.6 Å². The van der Waals surface area contributed by atoms with Crippen molar-refractivity contribution in [3.05, 3.63) is 0 Å². The van der Waals surface area contributed by atoms with E-state index in [0.717, 1.165) is 13.1 Å². The number of amides is 2. The van der Waals surface area contributed by atoms with Crippen LogP contribution in [0.3, 0.4) is 0 Å². The molecular weight excluding hydrogens is 202 g/mol. The van der Waals surface area contributed by atoms with Gasteiger partial charge in [0.15, 0.2) is 0 Å². The Balaban J connectivity index is 2.24. The molecule has 1 aliphatic heterocycles. The van der Waals surface area contributed by atoms with Gasteiger partial charge in [0, 0.05) is 12.6 Å². The normalized spacial score (nSPS) is 21.1. The van der Waals surface area contributed by atoms with Gasteiger partial charge in [-0.25, -0.2) is 4.79 Å². The molecule has 4 heteroatoms. The molecule has 90 valence electrons. The first-order valence-electron chi connectivity index (χ1n) is 5.97. The zero-order valence-electron chi connectivity index (χ0n) is 9.96. The molecule has 1 fully saturated rings. The number of urea groups is 1. The van der Waals surface area contributed by atoms with Crippen LogP contribution in [-0.2, 0) is 0 Å². The van der Waals surface area contributed by atoms with E-state index < -0.39 is 0 Å². The molecule has 1 atom stereocenters. The van der Waals surface area contributed by atoms with E-state index in [4.69, 9.17) is 6.42 Å². The predicted octanol–water partition coefficient (Wildman–Crippen LogP) is 0.793. The van der Waals surface area contributed by atoms with Crippen LogP contribution in [0.2, 0.25) is 0 Å². The highest BCUT2D eigenvalue weighted by atomic mass is 16.2. The van der Waals surface area contributed by atoms with Gasteiger partial charge in [0.25, 0.3) is 0 Å². The second-order valence-electron chi connectivity index (χ2n) is 4.05. The maximum absolute atomic E-state index is 11.3. The number of nitrogens with zero attached hydrogens (tertiary/aromatic N) is 1. The number of likely N-dealkylation sites (tertiary alicyclic amines) is 1. The number of terminal acetylenes is 1. The van der Waals surface area contributed by atoms with Gasteiger partial charge >= 0.3 is 6.03 Å². The molecule has 0 radical (unpaired) electrons. The molecule has 16 heavy (non-hydrogen) atoms. The smallest absolute Gasteiger partial charge is 0.315 e. The fourth-order valence-electron chi connectivity index (χ4n) is 2.11. The summed E-state index contributed by atoms with van der Waals surface area (Å²) in [6, 6.07) is 0.315. The topological polar surface area (TPSA) is 44.4 Å². The number of rotatable bonds is 4. The highest BCUT2D eigenvalue weighted by Gasteiger charge is 2.20. The molecule has 0 unspecified atom stereocenters. The molecule has 1 heterocycles. The lowest BCUT2D eigenvalue weighted by molar-refractivity contribution is 0.153. The summed E-state index contributed by atoms with van der Waals surface area (Å²) in [6.45, 7) is 5.36. The minimum atomic E-state index is -0.167. The lowest BCUT2D eigenvalue weighted by atomic mass is 10.0.